The molecule has 0 saturated carbocycles. The van der Waals surface area contributed by atoms with Gasteiger partial charge in [0.1, 0.15) is 0 Å². The first kappa shape index (κ1) is 9.01. The van der Waals surface area contributed by atoms with E-state index in [1.807, 2.05) is 0 Å². The third-order valence-electron chi connectivity index (χ3n) is 2.70. The molecule has 1 fully saturated rings. The Morgan fingerprint density at radius 1 is 1.55 bits per heavy atom. The maximum absolute atomic E-state index is 9.09. The summed E-state index contributed by atoms with van der Waals surface area (Å²) in [5.41, 5.74) is 0. The summed E-state index contributed by atoms with van der Waals surface area (Å²) in [6.07, 6.45) is 2.45. The van der Waals surface area contributed by atoms with Crippen molar-refractivity contribution in [2.45, 2.75) is 32.7 Å². The van der Waals surface area contributed by atoms with E-state index in [1.165, 1.54) is 19.4 Å². The van der Waals surface area contributed by atoms with Crippen LogP contribution >= 0.6 is 0 Å². The van der Waals surface area contributed by atoms with E-state index in [4.69, 9.17) is 5.11 Å². The van der Waals surface area contributed by atoms with Crippen LogP contribution in [-0.4, -0.2) is 35.7 Å². The van der Waals surface area contributed by atoms with Crippen LogP contribution in [0.1, 0.15) is 26.7 Å². The maximum atomic E-state index is 9.09. The predicted molar refractivity (Wildman–Crippen MR) is 46.5 cm³/mol. The summed E-state index contributed by atoms with van der Waals surface area (Å²) in [6, 6.07) is 0.440. The highest BCUT2D eigenvalue weighted by atomic mass is 16.3. The van der Waals surface area contributed by atoms with Gasteiger partial charge in [0.05, 0.1) is 6.61 Å². The van der Waals surface area contributed by atoms with Crippen molar-refractivity contribution < 1.29 is 5.11 Å². The van der Waals surface area contributed by atoms with E-state index >= 15 is 0 Å². The van der Waals surface area contributed by atoms with Gasteiger partial charge in [-0.15, -0.1) is 0 Å². The zero-order valence-electron chi connectivity index (χ0n) is 7.58. The zero-order chi connectivity index (χ0) is 8.27. The van der Waals surface area contributed by atoms with E-state index < -0.39 is 0 Å². The molecule has 0 aromatic rings. The lowest BCUT2D eigenvalue weighted by Crippen LogP contribution is -2.35. The fourth-order valence-corrected chi connectivity index (χ4v) is 1.95. The van der Waals surface area contributed by atoms with Gasteiger partial charge < -0.3 is 5.11 Å². The molecule has 1 saturated heterocycles. The summed E-state index contributed by atoms with van der Waals surface area (Å²) in [6.45, 7) is 7.09. The molecule has 1 heterocycles. The quantitative estimate of drug-likeness (QED) is 0.663. The van der Waals surface area contributed by atoms with Crippen LogP contribution in [0.25, 0.3) is 0 Å². The predicted octanol–water partition coefficient (Wildman–Crippen LogP) is 1.10. The fourth-order valence-electron chi connectivity index (χ4n) is 1.95. The van der Waals surface area contributed by atoms with Gasteiger partial charge in [-0.25, -0.2) is 0 Å². The van der Waals surface area contributed by atoms with E-state index in [0.717, 1.165) is 6.54 Å². The third kappa shape index (κ3) is 1.94. The molecule has 2 atom stereocenters. The van der Waals surface area contributed by atoms with Crippen LogP contribution < -0.4 is 0 Å². The highest BCUT2D eigenvalue weighted by Gasteiger charge is 2.29. The molecule has 2 nitrogen and oxygen atoms in total. The molecule has 1 aliphatic rings. The highest BCUT2D eigenvalue weighted by Crippen LogP contribution is 2.23. The largest absolute Gasteiger partial charge is 0.395 e. The van der Waals surface area contributed by atoms with Crippen molar-refractivity contribution in [1.29, 1.82) is 0 Å². The van der Waals surface area contributed by atoms with Crippen molar-refractivity contribution in [3.63, 3.8) is 0 Å². The van der Waals surface area contributed by atoms with Crippen LogP contribution in [0, 0.1) is 5.92 Å². The van der Waals surface area contributed by atoms with Crippen molar-refractivity contribution in [2.24, 2.45) is 5.92 Å². The monoisotopic (exact) mass is 157 g/mol. The average molecular weight is 157 g/mol. The summed E-state index contributed by atoms with van der Waals surface area (Å²) >= 11 is 0. The van der Waals surface area contributed by atoms with Crippen molar-refractivity contribution >= 4 is 0 Å². The molecular weight excluding hydrogens is 138 g/mol. The maximum Gasteiger partial charge on any atom is 0.0589 e. The van der Waals surface area contributed by atoms with Gasteiger partial charge in [0.2, 0.25) is 0 Å². The van der Waals surface area contributed by atoms with Crippen LogP contribution in [0.3, 0.4) is 0 Å². The van der Waals surface area contributed by atoms with E-state index in [1.54, 1.807) is 0 Å². The minimum absolute atomic E-state index is 0.334. The number of likely N-dealkylation sites (tertiary alicyclic amines) is 1. The minimum atomic E-state index is 0.334. The van der Waals surface area contributed by atoms with Crippen molar-refractivity contribution in [3.05, 3.63) is 0 Å². The summed E-state index contributed by atoms with van der Waals surface area (Å²) in [5, 5.41) is 9.09. The van der Waals surface area contributed by atoms with Gasteiger partial charge in [0.25, 0.3) is 0 Å². The molecule has 0 amide bonds. The number of rotatable bonds is 3. The van der Waals surface area contributed by atoms with Crippen molar-refractivity contribution in [2.75, 3.05) is 19.7 Å². The van der Waals surface area contributed by atoms with Crippen LogP contribution in [0.2, 0.25) is 0 Å². The topological polar surface area (TPSA) is 23.5 Å². The normalized spacial score (nSPS) is 33.0. The lowest BCUT2D eigenvalue weighted by atomic mass is 10.0. The standard InChI is InChI=1S/C9H19NO/c1-3-5-10-6-4-8(2)9(10)7-11/h8-9,11H,3-7H2,1-2H3. The summed E-state index contributed by atoms with van der Waals surface area (Å²) < 4.78 is 0. The summed E-state index contributed by atoms with van der Waals surface area (Å²) in [7, 11) is 0. The number of aliphatic hydroxyl groups is 1. The van der Waals surface area contributed by atoms with Crippen molar-refractivity contribution in [3.8, 4) is 0 Å². The Hall–Kier alpha value is -0.0800. The molecule has 1 N–H and O–H groups in total. The van der Waals surface area contributed by atoms with Gasteiger partial charge in [0.15, 0.2) is 0 Å². The van der Waals surface area contributed by atoms with E-state index in [-0.39, 0.29) is 0 Å². The average Bonchev–Trinajstić information content (AvgIpc) is 2.33. The third-order valence-corrected chi connectivity index (χ3v) is 2.70. The summed E-state index contributed by atoms with van der Waals surface area (Å²) in [5.74, 6) is 0.687. The summed E-state index contributed by atoms with van der Waals surface area (Å²) in [4.78, 5) is 2.41. The lowest BCUT2D eigenvalue weighted by Gasteiger charge is -2.24. The zero-order valence-corrected chi connectivity index (χ0v) is 7.58. The van der Waals surface area contributed by atoms with Crippen LogP contribution in [-0.2, 0) is 0 Å². The van der Waals surface area contributed by atoms with Crippen molar-refractivity contribution in [1.82, 2.24) is 4.90 Å². The number of hydrogen-bond acceptors (Lipinski definition) is 2. The van der Waals surface area contributed by atoms with Crippen LogP contribution in [0.4, 0.5) is 0 Å². The number of nitrogens with zero attached hydrogens (tertiary/aromatic N) is 1. The first-order valence-electron chi connectivity index (χ1n) is 4.64. The molecule has 1 aliphatic heterocycles. The molecule has 0 radical (unpaired) electrons. The molecule has 0 bridgehead atoms. The molecule has 0 spiro atoms. The van der Waals surface area contributed by atoms with E-state index in [9.17, 15) is 0 Å². The second-order valence-corrected chi connectivity index (χ2v) is 3.55. The highest BCUT2D eigenvalue weighted by molar-refractivity contribution is 4.83. The Morgan fingerprint density at radius 3 is 2.82 bits per heavy atom. The van der Waals surface area contributed by atoms with Crippen LogP contribution in [0.5, 0.6) is 0 Å². The van der Waals surface area contributed by atoms with Crippen LogP contribution in [0.15, 0.2) is 0 Å². The second-order valence-electron chi connectivity index (χ2n) is 3.55. The van der Waals surface area contributed by atoms with Gasteiger partial charge in [-0.3, -0.25) is 4.90 Å². The molecule has 2 unspecified atom stereocenters. The Bertz CT molecular complexity index is 114. The minimum Gasteiger partial charge on any atom is -0.395 e. The van der Waals surface area contributed by atoms with Gasteiger partial charge in [-0.2, -0.15) is 0 Å². The number of aliphatic hydroxyl groups excluding tert-OH is 1. The van der Waals surface area contributed by atoms with Gasteiger partial charge >= 0.3 is 0 Å². The lowest BCUT2D eigenvalue weighted by molar-refractivity contribution is 0.139. The Morgan fingerprint density at radius 2 is 2.27 bits per heavy atom. The first-order valence-corrected chi connectivity index (χ1v) is 4.64. The number of hydrogen-bond donors (Lipinski definition) is 1. The molecule has 2 heteroatoms. The smallest absolute Gasteiger partial charge is 0.0589 e. The Kier molecular flexibility index (Phi) is 3.34. The van der Waals surface area contributed by atoms with Gasteiger partial charge in [-0.1, -0.05) is 13.8 Å². The molecule has 0 aromatic carbocycles. The molecular formula is C9H19NO. The fraction of sp³-hybridized carbons (Fsp3) is 1.00. The first-order chi connectivity index (χ1) is 5.29. The molecule has 0 aromatic heterocycles. The molecule has 11 heavy (non-hydrogen) atoms. The SMILES string of the molecule is CCCN1CCC(C)C1CO. The van der Waals surface area contributed by atoms with Gasteiger partial charge in [0, 0.05) is 6.04 Å². The van der Waals surface area contributed by atoms with Gasteiger partial charge in [-0.05, 0) is 31.8 Å². The van der Waals surface area contributed by atoms with E-state index in [2.05, 4.69) is 18.7 Å². The molecule has 66 valence electrons. The second kappa shape index (κ2) is 4.07. The van der Waals surface area contributed by atoms with E-state index in [0.29, 0.717) is 18.6 Å². The molecule has 0 aliphatic carbocycles. The Balaban J connectivity index is 2.40. The molecule has 1 rings (SSSR count). The Labute approximate surface area is 69.2 Å².